The highest BCUT2D eigenvalue weighted by atomic mass is 32.2. The number of primary sulfonamides is 1. The number of rotatable bonds is 6. The van der Waals surface area contributed by atoms with Crippen LogP contribution in [-0.4, -0.2) is 24.2 Å². The van der Waals surface area contributed by atoms with Gasteiger partial charge in [-0.25, -0.2) is 18.4 Å². The highest BCUT2D eigenvalue weighted by Gasteiger charge is 2.41. The quantitative estimate of drug-likeness (QED) is 0.555. The van der Waals surface area contributed by atoms with Crippen LogP contribution in [0, 0.1) is 0 Å². The van der Waals surface area contributed by atoms with Gasteiger partial charge in [-0.1, -0.05) is 41.5 Å². The molecule has 0 heterocycles. The standard InChI is InChI=1S/C19H27NO4S/c1-14(7-5-8-15(2)13-18(21)22)10-11-17-16(3)9-6-12-19(17,4)25(20,23)24/h5,7-8,10-11,13H,6,9,12H2,1-4H3,(H,21,22)(H2,20,23,24)/b8-5+,11-10+,14-7+,15-13+/t19-/m0/s1. The second kappa shape index (κ2) is 8.45. The Balaban J connectivity index is 3.04. The number of aliphatic carboxylic acids is 1. The molecular formula is C19H27NO4S. The fourth-order valence-electron chi connectivity index (χ4n) is 2.89. The molecule has 1 aliphatic carbocycles. The number of carboxylic acids is 1. The van der Waals surface area contributed by atoms with Crippen molar-refractivity contribution in [1.82, 2.24) is 0 Å². The molecular weight excluding hydrogens is 338 g/mol. The first kappa shape index (κ1) is 21.1. The van der Waals surface area contributed by atoms with Crippen LogP contribution in [0.5, 0.6) is 0 Å². The third kappa shape index (κ3) is 5.83. The lowest BCUT2D eigenvalue weighted by molar-refractivity contribution is -0.131. The van der Waals surface area contributed by atoms with Crippen LogP contribution in [0.2, 0.25) is 0 Å². The topological polar surface area (TPSA) is 97.5 Å². The molecule has 0 spiro atoms. The van der Waals surface area contributed by atoms with E-state index in [-0.39, 0.29) is 0 Å². The zero-order valence-corrected chi connectivity index (χ0v) is 16.1. The highest BCUT2D eigenvalue weighted by Crippen LogP contribution is 2.39. The van der Waals surface area contributed by atoms with E-state index in [9.17, 15) is 13.2 Å². The zero-order chi connectivity index (χ0) is 19.3. The van der Waals surface area contributed by atoms with E-state index in [0.717, 1.165) is 35.6 Å². The zero-order valence-electron chi connectivity index (χ0n) is 15.2. The van der Waals surface area contributed by atoms with Gasteiger partial charge < -0.3 is 5.11 Å². The number of carboxylic acid groups (broad SMARTS) is 1. The minimum Gasteiger partial charge on any atom is -0.478 e. The molecule has 25 heavy (non-hydrogen) atoms. The van der Waals surface area contributed by atoms with Crippen molar-refractivity contribution in [1.29, 1.82) is 0 Å². The summed E-state index contributed by atoms with van der Waals surface area (Å²) in [6, 6.07) is 0. The van der Waals surface area contributed by atoms with Crippen molar-refractivity contribution >= 4 is 16.0 Å². The molecule has 0 aromatic carbocycles. The molecule has 0 saturated carbocycles. The third-order valence-corrected chi connectivity index (χ3v) is 6.13. The maximum absolute atomic E-state index is 12.1. The molecule has 0 bridgehead atoms. The molecule has 0 unspecified atom stereocenters. The second-order valence-electron chi connectivity index (χ2n) is 6.65. The number of allylic oxidation sites excluding steroid dienone is 8. The molecule has 3 N–H and O–H groups in total. The van der Waals surface area contributed by atoms with Gasteiger partial charge in [0.2, 0.25) is 10.0 Å². The number of hydrogen-bond acceptors (Lipinski definition) is 3. The first-order chi connectivity index (χ1) is 11.5. The molecule has 5 nitrogen and oxygen atoms in total. The van der Waals surface area contributed by atoms with Crippen molar-refractivity contribution in [2.24, 2.45) is 5.14 Å². The minimum atomic E-state index is -3.70. The Kier molecular flexibility index (Phi) is 7.14. The van der Waals surface area contributed by atoms with Gasteiger partial charge in [-0.3, -0.25) is 0 Å². The lowest BCUT2D eigenvalue weighted by Crippen LogP contribution is -2.43. The van der Waals surface area contributed by atoms with Crippen LogP contribution in [0.4, 0.5) is 0 Å². The van der Waals surface area contributed by atoms with Crippen molar-refractivity contribution in [2.75, 3.05) is 0 Å². The number of hydrogen-bond donors (Lipinski definition) is 2. The SMILES string of the molecule is CC1=C(/C=C/C(C)=C/C=C/C(C)=C/C(=O)O)[C@@](C)(S(N)(=O)=O)CCC1. The average Bonchev–Trinajstić information content (AvgIpc) is 2.44. The van der Waals surface area contributed by atoms with Gasteiger partial charge in [0.1, 0.15) is 4.75 Å². The highest BCUT2D eigenvalue weighted by molar-refractivity contribution is 7.90. The number of sulfonamides is 1. The summed E-state index contributed by atoms with van der Waals surface area (Å²) in [5, 5.41) is 14.1. The van der Waals surface area contributed by atoms with Crippen LogP contribution < -0.4 is 5.14 Å². The van der Waals surface area contributed by atoms with E-state index >= 15 is 0 Å². The summed E-state index contributed by atoms with van der Waals surface area (Å²) >= 11 is 0. The molecule has 1 aliphatic rings. The molecule has 0 radical (unpaired) electrons. The van der Waals surface area contributed by atoms with E-state index < -0.39 is 20.7 Å². The van der Waals surface area contributed by atoms with Gasteiger partial charge in [0, 0.05) is 6.08 Å². The monoisotopic (exact) mass is 365 g/mol. The van der Waals surface area contributed by atoms with E-state index in [1.165, 1.54) is 0 Å². The molecule has 1 rings (SSSR count). The second-order valence-corrected chi connectivity index (χ2v) is 8.64. The molecule has 0 aromatic heterocycles. The summed E-state index contributed by atoms with van der Waals surface area (Å²) in [6.07, 6.45) is 12.3. The first-order valence-electron chi connectivity index (χ1n) is 8.14. The maximum atomic E-state index is 12.1. The van der Waals surface area contributed by atoms with E-state index in [2.05, 4.69) is 0 Å². The molecule has 6 heteroatoms. The Bertz CT molecular complexity index is 782. The smallest absolute Gasteiger partial charge is 0.328 e. The predicted molar refractivity (Wildman–Crippen MR) is 101 cm³/mol. The van der Waals surface area contributed by atoms with Crippen LogP contribution >= 0.6 is 0 Å². The van der Waals surface area contributed by atoms with E-state index in [4.69, 9.17) is 10.2 Å². The van der Waals surface area contributed by atoms with Crippen molar-refractivity contribution in [3.05, 3.63) is 58.7 Å². The normalized spacial score (nSPS) is 23.7. The minimum absolute atomic E-state index is 0.519. The van der Waals surface area contributed by atoms with E-state index in [1.807, 2.05) is 32.1 Å². The average molecular weight is 365 g/mol. The van der Waals surface area contributed by atoms with Crippen molar-refractivity contribution in [3.8, 4) is 0 Å². The van der Waals surface area contributed by atoms with Gasteiger partial charge in [-0.2, -0.15) is 0 Å². The lowest BCUT2D eigenvalue weighted by atomic mass is 9.83. The Morgan fingerprint density at radius 3 is 2.44 bits per heavy atom. The van der Waals surface area contributed by atoms with Gasteiger partial charge in [0.15, 0.2) is 0 Å². The van der Waals surface area contributed by atoms with Gasteiger partial charge >= 0.3 is 5.97 Å². The summed E-state index contributed by atoms with van der Waals surface area (Å²) < 4.78 is 23.1. The molecule has 0 fully saturated rings. The fourth-order valence-corrected chi connectivity index (χ4v) is 3.87. The molecule has 138 valence electrons. The Morgan fingerprint density at radius 2 is 1.88 bits per heavy atom. The van der Waals surface area contributed by atoms with Crippen molar-refractivity contribution in [2.45, 2.75) is 51.7 Å². The van der Waals surface area contributed by atoms with Crippen LogP contribution in [0.1, 0.15) is 47.0 Å². The first-order valence-corrected chi connectivity index (χ1v) is 9.69. The van der Waals surface area contributed by atoms with E-state index in [1.54, 1.807) is 26.0 Å². The van der Waals surface area contributed by atoms with Crippen LogP contribution in [-0.2, 0) is 14.8 Å². The lowest BCUT2D eigenvalue weighted by Gasteiger charge is -2.34. The Hall–Kier alpha value is -1.92. The molecule has 0 aromatic rings. The van der Waals surface area contributed by atoms with Gasteiger partial charge in [0.25, 0.3) is 0 Å². The summed E-state index contributed by atoms with van der Waals surface area (Å²) in [4.78, 5) is 10.6. The van der Waals surface area contributed by atoms with Crippen molar-refractivity contribution < 1.29 is 18.3 Å². The molecule has 0 saturated heterocycles. The fraction of sp³-hybridized carbons (Fsp3) is 0.421. The number of carbonyl (C=O) groups is 1. The molecule has 0 aliphatic heterocycles. The van der Waals surface area contributed by atoms with Gasteiger partial charge in [-0.15, -0.1) is 0 Å². The summed E-state index contributed by atoms with van der Waals surface area (Å²) in [7, 11) is -3.70. The Morgan fingerprint density at radius 1 is 1.24 bits per heavy atom. The Labute approximate surface area is 150 Å². The van der Waals surface area contributed by atoms with Gasteiger partial charge in [-0.05, 0) is 58.1 Å². The summed E-state index contributed by atoms with van der Waals surface area (Å²) in [5.41, 5.74) is 3.36. The summed E-state index contributed by atoms with van der Waals surface area (Å²) in [5.74, 6) is -0.982. The molecule has 0 amide bonds. The van der Waals surface area contributed by atoms with Crippen LogP contribution in [0.3, 0.4) is 0 Å². The third-order valence-electron chi connectivity index (χ3n) is 4.45. The predicted octanol–water partition coefficient (Wildman–Crippen LogP) is 3.62. The van der Waals surface area contributed by atoms with E-state index in [0.29, 0.717) is 12.0 Å². The molecule has 1 atom stereocenters. The van der Waals surface area contributed by atoms with Crippen molar-refractivity contribution in [3.63, 3.8) is 0 Å². The van der Waals surface area contributed by atoms with Crippen LogP contribution in [0.15, 0.2) is 58.7 Å². The summed E-state index contributed by atoms with van der Waals surface area (Å²) in [6.45, 7) is 7.23. The van der Waals surface area contributed by atoms with Gasteiger partial charge in [0.05, 0.1) is 0 Å². The number of nitrogens with two attached hydrogens (primary N) is 1. The maximum Gasteiger partial charge on any atom is 0.328 e. The van der Waals surface area contributed by atoms with Crippen LogP contribution in [0.25, 0.3) is 0 Å². The largest absolute Gasteiger partial charge is 0.478 e.